The summed E-state index contributed by atoms with van der Waals surface area (Å²) in [6, 6.07) is 14.7. The fraction of sp³-hybridized carbons (Fsp3) is 0.391. The minimum absolute atomic E-state index is 0.122. The Balaban J connectivity index is 1.24. The Labute approximate surface area is 165 Å². The third-order valence-electron chi connectivity index (χ3n) is 5.69. The second kappa shape index (κ2) is 8.57. The van der Waals surface area contributed by atoms with Gasteiger partial charge in [-0.1, -0.05) is 35.0 Å². The number of rotatable bonds is 6. The first kappa shape index (κ1) is 18.7. The maximum absolute atomic E-state index is 11.2. The van der Waals surface area contributed by atoms with Crippen LogP contribution in [0.4, 0.5) is 0 Å². The topological polar surface area (TPSA) is 70.9 Å². The number of pyridine rings is 1. The highest BCUT2D eigenvalue weighted by Gasteiger charge is 2.21. The second-order valence-electron chi connectivity index (χ2n) is 7.91. The zero-order valence-electron chi connectivity index (χ0n) is 16.3. The number of nitrogens with zero attached hydrogens (tertiary/aromatic N) is 1. The molecule has 0 bridgehead atoms. The first-order valence-electron chi connectivity index (χ1n) is 10.1. The Morgan fingerprint density at radius 3 is 2.61 bits per heavy atom. The van der Waals surface area contributed by atoms with Crippen LogP contribution in [0.2, 0.25) is 0 Å². The number of aromatic nitrogens is 2. The van der Waals surface area contributed by atoms with E-state index in [2.05, 4.69) is 46.6 Å². The summed E-state index contributed by atoms with van der Waals surface area (Å²) in [4.78, 5) is 13.8. The fourth-order valence-corrected chi connectivity index (χ4v) is 3.97. The van der Waals surface area contributed by atoms with Gasteiger partial charge in [0.25, 0.3) is 0 Å². The van der Waals surface area contributed by atoms with Gasteiger partial charge in [-0.05, 0) is 56.6 Å². The predicted molar refractivity (Wildman–Crippen MR) is 110 cm³/mol. The number of nitrogens with one attached hydrogen (secondary N) is 2. The lowest BCUT2D eigenvalue weighted by Gasteiger charge is -2.29. The molecule has 2 N–H and O–H groups in total. The van der Waals surface area contributed by atoms with Gasteiger partial charge in [-0.15, -0.1) is 0 Å². The molecule has 1 aromatic carbocycles. The first-order chi connectivity index (χ1) is 13.7. The predicted octanol–water partition coefficient (Wildman–Crippen LogP) is 4.23. The van der Waals surface area contributed by atoms with Gasteiger partial charge >= 0.3 is 0 Å². The lowest BCUT2D eigenvalue weighted by atomic mass is 9.82. The molecule has 2 aromatic heterocycles. The van der Waals surface area contributed by atoms with E-state index in [0.717, 1.165) is 17.2 Å². The van der Waals surface area contributed by atoms with Gasteiger partial charge in [0.1, 0.15) is 0 Å². The summed E-state index contributed by atoms with van der Waals surface area (Å²) in [5.41, 5.74) is 4.38. The van der Waals surface area contributed by atoms with Gasteiger partial charge in [-0.2, -0.15) is 0 Å². The standard InChI is InChI=1S/C23H27N3O2/c1-16-2-4-17(5-3-16)12-18-6-9-20(10-7-18)24-15-21-13-22(28-26-21)19-8-11-23(27)25-14-19/h2-5,8,11,13-14,18,20,24H,6-7,9-10,12,15H2,1H3,(H,25,27). The van der Waals surface area contributed by atoms with E-state index in [9.17, 15) is 4.79 Å². The highest BCUT2D eigenvalue weighted by molar-refractivity contribution is 5.55. The molecule has 0 aliphatic heterocycles. The molecule has 0 saturated heterocycles. The Morgan fingerprint density at radius 2 is 1.89 bits per heavy atom. The molecule has 2 heterocycles. The molecule has 5 heteroatoms. The van der Waals surface area contributed by atoms with Gasteiger partial charge < -0.3 is 14.8 Å². The SMILES string of the molecule is Cc1ccc(CC2CCC(NCc3cc(-c4ccc(=O)[nH]c4)on3)CC2)cc1. The zero-order valence-corrected chi connectivity index (χ0v) is 16.3. The van der Waals surface area contributed by atoms with Crippen molar-refractivity contribution >= 4 is 0 Å². The lowest BCUT2D eigenvalue weighted by molar-refractivity contribution is 0.287. The van der Waals surface area contributed by atoms with E-state index >= 15 is 0 Å². The van der Waals surface area contributed by atoms with Crippen LogP contribution >= 0.6 is 0 Å². The maximum Gasteiger partial charge on any atom is 0.247 e. The summed E-state index contributed by atoms with van der Waals surface area (Å²) >= 11 is 0. The Morgan fingerprint density at radius 1 is 1.11 bits per heavy atom. The molecule has 1 aliphatic rings. The first-order valence-corrected chi connectivity index (χ1v) is 10.1. The van der Waals surface area contributed by atoms with Crippen LogP contribution in [0.1, 0.15) is 42.5 Å². The molecule has 1 fully saturated rings. The third kappa shape index (κ3) is 4.78. The molecule has 3 aromatic rings. The van der Waals surface area contributed by atoms with Crippen LogP contribution in [-0.2, 0) is 13.0 Å². The molecule has 1 saturated carbocycles. The smallest absolute Gasteiger partial charge is 0.247 e. The third-order valence-corrected chi connectivity index (χ3v) is 5.69. The number of aromatic amines is 1. The van der Waals surface area contributed by atoms with Crippen molar-refractivity contribution in [3.8, 4) is 11.3 Å². The minimum atomic E-state index is -0.122. The van der Waals surface area contributed by atoms with E-state index in [1.165, 1.54) is 49.3 Å². The van der Waals surface area contributed by atoms with E-state index in [-0.39, 0.29) is 5.56 Å². The fourth-order valence-electron chi connectivity index (χ4n) is 3.97. The molecule has 5 nitrogen and oxygen atoms in total. The van der Waals surface area contributed by atoms with Gasteiger partial charge in [-0.3, -0.25) is 4.79 Å². The number of hydrogen-bond donors (Lipinski definition) is 2. The largest absolute Gasteiger partial charge is 0.356 e. The van der Waals surface area contributed by atoms with Crippen molar-refractivity contribution in [3.05, 3.63) is 75.8 Å². The average molecular weight is 377 g/mol. The van der Waals surface area contributed by atoms with Crippen molar-refractivity contribution in [3.63, 3.8) is 0 Å². The summed E-state index contributed by atoms with van der Waals surface area (Å²) in [6.45, 7) is 2.85. The van der Waals surface area contributed by atoms with Crippen molar-refractivity contribution in [1.82, 2.24) is 15.5 Å². The van der Waals surface area contributed by atoms with Crippen LogP contribution in [0.5, 0.6) is 0 Å². The molecular weight excluding hydrogens is 350 g/mol. The van der Waals surface area contributed by atoms with Gasteiger partial charge in [0, 0.05) is 36.5 Å². The van der Waals surface area contributed by atoms with Crippen LogP contribution < -0.4 is 10.9 Å². The molecule has 146 valence electrons. The average Bonchev–Trinajstić information content (AvgIpc) is 3.19. The van der Waals surface area contributed by atoms with Gasteiger partial charge in [0.2, 0.25) is 5.56 Å². The zero-order chi connectivity index (χ0) is 19.3. The monoisotopic (exact) mass is 377 g/mol. The van der Waals surface area contributed by atoms with Gasteiger partial charge in [0.15, 0.2) is 5.76 Å². The van der Waals surface area contributed by atoms with Crippen LogP contribution in [0.15, 0.2) is 58.0 Å². The molecule has 0 atom stereocenters. The summed E-state index contributed by atoms with van der Waals surface area (Å²) < 4.78 is 5.41. The summed E-state index contributed by atoms with van der Waals surface area (Å²) in [5, 5.41) is 7.77. The van der Waals surface area contributed by atoms with Crippen LogP contribution in [-0.4, -0.2) is 16.2 Å². The van der Waals surface area contributed by atoms with Crippen LogP contribution in [0.3, 0.4) is 0 Å². The maximum atomic E-state index is 11.2. The van der Waals surface area contributed by atoms with E-state index in [0.29, 0.717) is 18.3 Å². The molecule has 4 rings (SSSR count). The van der Waals surface area contributed by atoms with E-state index in [1.807, 2.05) is 6.07 Å². The molecule has 0 amide bonds. The van der Waals surface area contributed by atoms with Crippen LogP contribution in [0, 0.1) is 12.8 Å². The lowest BCUT2D eigenvalue weighted by Crippen LogP contribution is -2.33. The summed E-state index contributed by atoms with van der Waals surface area (Å²) in [7, 11) is 0. The Kier molecular flexibility index (Phi) is 5.72. The molecule has 1 aliphatic carbocycles. The quantitative estimate of drug-likeness (QED) is 0.674. The minimum Gasteiger partial charge on any atom is -0.356 e. The summed E-state index contributed by atoms with van der Waals surface area (Å²) in [6.07, 6.45) is 7.80. The number of hydrogen-bond acceptors (Lipinski definition) is 4. The van der Waals surface area contributed by atoms with Gasteiger partial charge in [-0.25, -0.2) is 0 Å². The molecule has 0 radical (unpaired) electrons. The second-order valence-corrected chi connectivity index (χ2v) is 7.91. The number of benzene rings is 1. The van der Waals surface area contributed by atoms with E-state index in [4.69, 9.17) is 4.52 Å². The normalized spacial score (nSPS) is 19.6. The molecule has 0 spiro atoms. The van der Waals surface area contributed by atoms with Crippen molar-refractivity contribution in [2.45, 2.75) is 51.6 Å². The summed E-state index contributed by atoms with van der Waals surface area (Å²) in [5.74, 6) is 1.47. The Hall–Kier alpha value is -2.66. The van der Waals surface area contributed by atoms with Crippen molar-refractivity contribution in [2.75, 3.05) is 0 Å². The molecule has 28 heavy (non-hydrogen) atoms. The van der Waals surface area contributed by atoms with E-state index in [1.54, 1.807) is 12.3 Å². The van der Waals surface area contributed by atoms with Crippen molar-refractivity contribution in [2.24, 2.45) is 5.92 Å². The van der Waals surface area contributed by atoms with Crippen LogP contribution in [0.25, 0.3) is 11.3 Å². The molecule has 0 unspecified atom stereocenters. The van der Waals surface area contributed by atoms with E-state index < -0.39 is 0 Å². The highest BCUT2D eigenvalue weighted by atomic mass is 16.5. The van der Waals surface area contributed by atoms with Crippen molar-refractivity contribution in [1.29, 1.82) is 0 Å². The number of H-pyrrole nitrogens is 1. The highest BCUT2D eigenvalue weighted by Crippen LogP contribution is 2.28. The number of aryl methyl sites for hydroxylation is 1. The van der Waals surface area contributed by atoms with Crippen molar-refractivity contribution < 1.29 is 4.52 Å². The van der Waals surface area contributed by atoms with Gasteiger partial charge in [0.05, 0.1) is 5.69 Å². The molecular formula is C23H27N3O2. The Bertz CT molecular complexity index is 930.